The van der Waals surface area contributed by atoms with E-state index in [0.29, 0.717) is 12.3 Å². The van der Waals surface area contributed by atoms with Crippen molar-refractivity contribution in [1.29, 1.82) is 0 Å². The maximum Gasteiger partial charge on any atom is 0.405 e. The molecule has 0 bridgehead atoms. The molecule has 26 heavy (non-hydrogen) atoms. The molecule has 1 rings (SSSR count). The summed E-state index contributed by atoms with van der Waals surface area (Å²) >= 11 is 0. The van der Waals surface area contributed by atoms with E-state index in [9.17, 15) is 27.6 Å². The lowest BCUT2D eigenvalue weighted by Gasteiger charge is -2.10. The number of methoxy groups -OCH3 is 1. The quantitative estimate of drug-likeness (QED) is 0.504. The van der Waals surface area contributed by atoms with E-state index in [1.54, 1.807) is 5.32 Å². The molecule has 0 saturated carbocycles. The zero-order valence-electron chi connectivity index (χ0n) is 13.9. The van der Waals surface area contributed by atoms with Crippen LogP contribution in [0.25, 0.3) is 0 Å². The molecule has 0 aliphatic carbocycles. The normalized spacial score (nSPS) is 10.8. The molecular weight excluding hydrogens is 357 g/mol. The van der Waals surface area contributed by atoms with Crippen molar-refractivity contribution >= 4 is 23.5 Å². The topological polar surface area (TPSA) is 109 Å². The number of imide groups is 1. The smallest absolute Gasteiger partial charge is 0.383 e. The first-order valence-electron chi connectivity index (χ1n) is 7.47. The lowest BCUT2D eigenvalue weighted by atomic mass is 10.2. The number of amides is 4. The van der Waals surface area contributed by atoms with Crippen molar-refractivity contribution < 1.29 is 32.3 Å². The van der Waals surface area contributed by atoms with Crippen LogP contribution in [0, 0.1) is 0 Å². The fraction of sp³-hybridized carbons (Fsp3) is 0.400. The third-order valence-corrected chi connectivity index (χ3v) is 2.87. The summed E-state index contributed by atoms with van der Waals surface area (Å²) in [7, 11) is 1.46. The van der Waals surface area contributed by atoms with Crippen molar-refractivity contribution in [3.63, 3.8) is 0 Å². The van der Waals surface area contributed by atoms with Crippen molar-refractivity contribution in [2.24, 2.45) is 0 Å². The Morgan fingerprint density at radius 3 is 2.54 bits per heavy atom. The van der Waals surface area contributed by atoms with E-state index in [-0.39, 0.29) is 18.7 Å². The standard InChI is InChI=1S/C15H19F3N4O4/c1-26-6-5-19-14(25)22-12(23)8-20-11-4-2-3-10(7-11)13(24)21-9-15(16,17)18/h2-4,7,20H,5-6,8-9H2,1H3,(H,21,24)(H2,19,22,23,25). The van der Waals surface area contributed by atoms with Crippen LogP contribution in [0.15, 0.2) is 24.3 Å². The molecule has 0 heterocycles. The van der Waals surface area contributed by atoms with Gasteiger partial charge in [-0.05, 0) is 18.2 Å². The van der Waals surface area contributed by atoms with Crippen molar-refractivity contribution in [3.05, 3.63) is 29.8 Å². The summed E-state index contributed by atoms with van der Waals surface area (Å²) in [5.41, 5.74) is 0.330. The molecule has 0 unspecified atom stereocenters. The zero-order valence-corrected chi connectivity index (χ0v) is 13.9. The number of alkyl halides is 3. The van der Waals surface area contributed by atoms with Crippen molar-refractivity contribution in [2.45, 2.75) is 6.18 Å². The molecule has 0 aliphatic heterocycles. The van der Waals surface area contributed by atoms with E-state index in [4.69, 9.17) is 4.74 Å². The minimum Gasteiger partial charge on any atom is -0.383 e. The van der Waals surface area contributed by atoms with Gasteiger partial charge in [-0.1, -0.05) is 6.07 Å². The van der Waals surface area contributed by atoms with E-state index in [0.717, 1.165) is 0 Å². The number of hydrogen-bond acceptors (Lipinski definition) is 5. The Kier molecular flexibility index (Phi) is 8.35. The average molecular weight is 376 g/mol. The Hall–Kier alpha value is -2.82. The minimum atomic E-state index is -4.51. The van der Waals surface area contributed by atoms with Gasteiger partial charge < -0.3 is 20.7 Å². The van der Waals surface area contributed by atoms with Gasteiger partial charge in [0.15, 0.2) is 0 Å². The second-order valence-electron chi connectivity index (χ2n) is 5.03. The Labute approximate surface area is 147 Å². The summed E-state index contributed by atoms with van der Waals surface area (Å²) in [4.78, 5) is 34.7. The fourth-order valence-corrected chi connectivity index (χ4v) is 1.72. The van der Waals surface area contributed by atoms with Gasteiger partial charge in [0.1, 0.15) is 6.54 Å². The summed E-state index contributed by atoms with van der Waals surface area (Å²) in [5, 5.41) is 8.88. The first-order valence-corrected chi connectivity index (χ1v) is 7.47. The van der Waals surface area contributed by atoms with Crippen LogP contribution in [0.5, 0.6) is 0 Å². The summed E-state index contributed by atoms with van der Waals surface area (Å²) < 4.78 is 41.1. The molecule has 0 spiro atoms. The van der Waals surface area contributed by atoms with Gasteiger partial charge >= 0.3 is 12.2 Å². The third-order valence-electron chi connectivity index (χ3n) is 2.87. The highest BCUT2D eigenvalue weighted by atomic mass is 19.4. The highest BCUT2D eigenvalue weighted by Crippen LogP contribution is 2.14. The molecule has 4 N–H and O–H groups in total. The van der Waals surface area contributed by atoms with Crippen molar-refractivity contribution in [3.8, 4) is 0 Å². The number of rotatable bonds is 8. The number of hydrogen-bond donors (Lipinski definition) is 4. The summed E-state index contributed by atoms with van der Waals surface area (Å²) in [6.07, 6.45) is -4.51. The Balaban J connectivity index is 2.47. The van der Waals surface area contributed by atoms with Gasteiger partial charge in [-0.15, -0.1) is 0 Å². The Bertz CT molecular complexity index is 638. The second kappa shape index (κ2) is 10.2. The summed E-state index contributed by atoms with van der Waals surface area (Å²) in [5.74, 6) is -1.53. The first-order chi connectivity index (χ1) is 12.2. The van der Waals surface area contributed by atoms with Crippen LogP contribution in [0.3, 0.4) is 0 Å². The lowest BCUT2D eigenvalue weighted by Crippen LogP contribution is -2.42. The molecule has 0 fully saturated rings. The van der Waals surface area contributed by atoms with Crippen molar-refractivity contribution in [2.75, 3.05) is 38.7 Å². The minimum absolute atomic E-state index is 0.00281. The molecule has 0 saturated heterocycles. The molecule has 11 heteroatoms. The summed E-state index contributed by atoms with van der Waals surface area (Å²) in [6.45, 7) is -1.18. The van der Waals surface area contributed by atoms with E-state index < -0.39 is 30.6 Å². The molecular formula is C15H19F3N4O4. The SMILES string of the molecule is COCCNC(=O)NC(=O)CNc1cccc(C(=O)NCC(F)(F)F)c1. The van der Waals surface area contributed by atoms with Gasteiger partial charge in [-0.25, -0.2) is 4.79 Å². The van der Waals surface area contributed by atoms with Crippen molar-refractivity contribution in [1.82, 2.24) is 16.0 Å². The number of carbonyl (C=O) groups excluding carboxylic acids is 3. The van der Waals surface area contributed by atoms with E-state index >= 15 is 0 Å². The highest BCUT2D eigenvalue weighted by molar-refractivity contribution is 5.97. The number of ether oxygens (including phenoxy) is 1. The zero-order chi connectivity index (χ0) is 19.6. The number of anilines is 1. The Morgan fingerprint density at radius 1 is 1.15 bits per heavy atom. The number of carbonyl (C=O) groups is 3. The van der Waals surface area contributed by atoms with Crippen LogP contribution >= 0.6 is 0 Å². The molecule has 0 aliphatic rings. The average Bonchev–Trinajstić information content (AvgIpc) is 2.57. The largest absolute Gasteiger partial charge is 0.405 e. The molecule has 144 valence electrons. The van der Waals surface area contributed by atoms with Crippen LogP contribution in [0.4, 0.5) is 23.7 Å². The van der Waals surface area contributed by atoms with Gasteiger partial charge in [0.2, 0.25) is 5.91 Å². The van der Waals surface area contributed by atoms with E-state index in [1.807, 2.05) is 0 Å². The van der Waals surface area contributed by atoms with Crippen LogP contribution in [0.1, 0.15) is 10.4 Å². The van der Waals surface area contributed by atoms with Crippen LogP contribution in [0.2, 0.25) is 0 Å². The number of nitrogens with one attached hydrogen (secondary N) is 4. The number of benzene rings is 1. The van der Waals surface area contributed by atoms with E-state index in [1.165, 1.54) is 31.4 Å². The third kappa shape index (κ3) is 8.87. The molecule has 0 aromatic heterocycles. The van der Waals surface area contributed by atoms with Gasteiger partial charge in [0.05, 0.1) is 13.2 Å². The maximum atomic E-state index is 12.1. The predicted molar refractivity (Wildman–Crippen MR) is 86.7 cm³/mol. The van der Waals surface area contributed by atoms with Crippen LogP contribution < -0.4 is 21.3 Å². The predicted octanol–water partition coefficient (Wildman–Crippen LogP) is 0.863. The van der Waals surface area contributed by atoms with Gasteiger partial charge in [0, 0.05) is 24.9 Å². The van der Waals surface area contributed by atoms with Gasteiger partial charge in [-0.3, -0.25) is 14.9 Å². The van der Waals surface area contributed by atoms with Gasteiger partial charge in [0.25, 0.3) is 5.91 Å². The number of halogens is 3. The van der Waals surface area contributed by atoms with E-state index in [2.05, 4.69) is 16.0 Å². The number of urea groups is 1. The van der Waals surface area contributed by atoms with Crippen LogP contribution in [-0.4, -0.2) is 57.4 Å². The lowest BCUT2D eigenvalue weighted by molar-refractivity contribution is -0.123. The first kappa shape index (κ1) is 21.2. The second-order valence-corrected chi connectivity index (χ2v) is 5.03. The maximum absolute atomic E-state index is 12.1. The van der Waals surface area contributed by atoms with Crippen LogP contribution in [-0.2, 0) is 9.53 Å². The molecule has 1 aromatic carbocycles. The molecule has 0 radical (unpaired) electrons. The monoisotopic (exact) mass is 376 g/mol. The van der Waals surface area contributed by atoms with Gasteiger partial charge in [-0.2, -0.15) is 13.2 Å². The fourth-order valence-electron chi connectivity index (χ4n) is 1.72. The Morgan fingerprint density at radius 2 is 1.88 bits per heavy atom. The molecule has 8 nitrogen and oxygen atoms in total. The molecule has 0 atom stereocenters. The summed E-state index contributed by atoms with van der Waals surface area (Å²) in [6, 6.07) is 4.90. The molecule has 1 aromatic rings. The highest BCUT2D eigenvalue weighted by Gasteiger charge is 2.27. The molecule has 4 amide bonds.